The molecule has 0 radical (unpaired) electrons. The first-order valence-corrected chi connectivity index (χ1v) is 9.45. The number of likely N-dealkylation sites (tertiary alicyclic amines) is 1. The summed E-state index contributed by atoms with van der Waals surface area (Å²) >= 11 is 0. The van der Waals surface area contributed by atoms with Crippen LogP contribution in [0.25, 0.3) is 11.0 Å². The molecular formula is C21H30N4O. The van der Waals surface area contributed by atoms with Crippen molar-refractivity contribution in [2.24, 2.45) is 4.99 Å². The van der Waals surface area contributed by atoms with E-state index in [4.69, 9.17) is 4.42 Å². The van der Waals surface area contributed by atoms with E-state index in [-0.39, 0.29) is 0 Å². The van der Waals surface area contributed by atoms with E-state index in [0.29, 0.717) is 6.04 Å². The van der Waals surface area contributed by atoms with Gasteiger partial charge in [0.1, 0.15) is 11.3 Å². The Morgan fingerprint density at radius 3 is 2.77 bits per heavy atom. The molecule has 3 rings (SSSR count). The molecule has 0 unspecified atom stereocenters. The molecule has 1 fully saturated rings. The summed E-state index contributed by atoms with van der Waals surface area (Å²) in [6.45, 7) is 10.1. The minimum absolute atomic E-state index is 0.480. The number of fused-ring (bicyclic) bond motifs is 1. The third-order valence-corrected chi connectivity index (χ3v) is 4.79. The van der Waals surface area contributed by atoms with Gasteiger partial charge in [0.25, 0.3) is 0 Å². The minimum atomic E-state index is 0.480. The second-order valence-electron chi connectivity index (χ2n) is 7.15. The molecule has 26 heavy (non-hydrogen) atoms. The largest absolute Gasteiger partial charge is 0.461 e. The zero-order valence-corrected chi connectivity index (χ0v) is 15.9. The highest BCUT2D eigenvalue weighted by Gasteiger charge is 2.19. The van der Waals surface area contributed by atoms with Crippen molar-refractivity contribution in [2.45, 2.75) is 32.2 Å². The predicted molar refractivity (Wildman–Crippen MR) is 109 cm³/mol. The van der Waals surface area contributed by atoms with Crippen molar-refractivity contribution >= 4 is 16.9 Å². The summed E-state index contributed by atoms with van der Waals surface area (Å²) in [6, 6.07) is 10.7. The molecule has 0 amide bonds. The molecule has 2 aromatic rings. The molecule has 1 aromatic heterocycles. The Bertz CT molecular complexity index is 723. The number of guanidine groups is 1. The van der Waals surface area contributed by atoms with Crippen LogP contribution in [0.1, 0.15) is 25.5 Å². The minimum Gasteiger partial charge on any atom is -0.461 e. The average Bonchev–Trinajstić information content (AvgIpc) is 3.04. The van der Waals surface area contributed by atoms with Crippen molar-refractivity contribution in [1.29, 1.82) is 0 Å². The lowest BCUT2D eigenvalue weighted by molar-refractivity contribution is 0.221. The van der Waals surface area contributed by atoms with E-state index in [1.54, 1.807) is 0 Å². The second-order valence-corrected chi connectivity index (χ2v) is 7.15. The van der Waals surface area contributed by atoms with Gasteiger partial charge >= 0.3 is 0 Å². The molecule has 0 aliphatic carbocycles. The molecule has 1 aliphatic rings. The zero-order chi connectivity index (χ0) is 18.4. The van der Waals surface area contributed by atoms with Crippen LogP contribution in [0.3, 0.4) is 0 Å². The van der Waals surface area contributed by atoms with E-state index in [1.165, 1.54) is 5.57 Å². The Labute approximate surface area is 156 Å². The SMILES string of the molecule is C=C(C)CN1CCC(NC(=NC)NCCc2cc3ccccc3o2)CC1. The molecule has 0 bridgehead atoms. The van der Waals surface area contributed by atoms with Crippen LogP contribution in [0, 0.1) is 0 Å². The van der Waals surface area contributed by atoms with Crippen LogP contribution >= 0.6 is 0 Å². The molecule has 2 heterocycles. The number of nitrogens with zero attached hydrogens (tertiary/aromatic N) is 2. The zero-order valence-electron chi connectivity index (χ0n) is 15.9. The van der Waals surface area contributed by atoms with Gasteiger partial charge in [-0.15, -0.1) is 0 Å². The first-order chi connectivity index (χ1) is 12.6. The molecule has 0 saturated carbocycles. The van der Waals surface area contributed by atoms with Crippen LogP contribution in [-0.2, 0) is 6.42 Å². The van der Waals surface area contributed by atoms with E-state index in [0.717, 1.165) is 68.1 Å². The maximum Gasteiger partial charge on any atom is 0.191 e. The molecule has 0 atom stereocenters. The number of para-hydroxylation sites is 1. The molecule has 5 heteroatoms. The van der Waals surface area contributed by atoms with E-state index in [2.05, 4.69) is 46.2 Å². The Balaban J connectivity index is 1.41. The Kier molecular flexibility index (Phi) is 6.34. The highest BCUT2D eigenvalue weighted by atomic mass is 16.3. The van der Waals surface area contributed by atoms with Crippen molar-refractivity contribution in [3.8, 4) is 0 Å². The molecule has 1 saturated heterocycles. The summed E-state index contributed by atoms with van der Waals surface area (Å²) in [6.07, 6.45) is 3.11. The summed E-state index contributed by atoms with van der Waals surface area (Å²) in [7, 11) is 1.83. The van der Waals surface area contributed by atoms with Crippen LogP contribution in [0.2, 0.25) is 0 Å². The van der Waals surface area contributed by atoms with E-state index >= 15 is 0 Å². The molecule has 1 aromatic carbocycles. The van der Waals surface area contributed by atoms with Gasteiger partial charge in [0.15, 0.2) is 5.96 Å². The molecule has 5 nitrogen and oxygen atoms in total. The van der Waals surface area contributed by atoms with Gasteiger partial charge in [-0.3, -0.25) is 9.89 Å². The summed E-state index contributed by atoms with van der Waals surface area (Å²) in [5, 5.41) is 8.11. The van der Waals surface area contributed by atoms with Crippen molar-refractivity contribution in [1.82, 2.24) is 15.5 Å². The van der Waals surface area contributed by atoms with E-state index in [9.17, 15) is 0 Å². The van der Waals surface area contributed by atoms with E-state index < -0.39 is 0 Å². The van der Waals surface area contributed by atoms with Crippen molar-refractivity contribution in [3.05, 3.63) is 48.2 Å². The number of hydrogen-bond acceptors (Lipinski definition) is 3. The number of furan rings is 1. The third-order valence-electron chi connectivity index (χ3n) is 4.79. The van der Waals surface area contributed by atoms with Gasteiger partial charge in [0, 0.05) is 51.1 Å². The maximum absolute atomic E-state index is 5.86. The molecule has 2 N–H and O–H groups in total. The fourth-order valence-corrected chi connectivity index (χ4v) is 3.47. The molecule has 0 spiro atoms. The van der Waals surface area contributed by atoms with Crippen LogP contribution in [-0.4, -0.2) is 50.1 Å². The summed E-state index contributed by atoms with van der Waals surface area (Å²) in [4.78, 5) is 6.83. The van der Waals surface area contributed by atoms with Gasteiger partial charge < -0.3 is 15.1 Å². The van der Waals surface area contributed by atoms with Gasteiger partial charge in [-0.1, -0.05) is 30.4 Å². The lowest BCUT2D eigenvalue weighted by Gasteiger charge is -2.33. The van der Waals surface area contributed by atoms with Crippen LogP contribution in [0.15, 0.2) is 51.9 Å². The Morgan fingerprint density at radius 1 is 1.31 bits per heavy atom. The smallest absolute Gasteiger partial charge is 0.191 e. The van der Waals surface area contributed by atoms with Crippen molar-refractivity contribution in [3.63, 3.8) is 0 Å². The molecule has 140 valence electrons. The van der Waals surface area contributed by atoms with Crippen LogP contribution < -0.4 is 10.6 Å². The van der Waals surface area contributed by atoms with Crippen LogP contribution in [0.4, 0.5) is 0 Å². The topological polar surface area (TPSA) is 52.8 Å². The fourth-order valence-electron chi connectivity index (χ4n) is 3.47. The Hall–Kier alpha value is -2.27. The van der Waals surface area contributed by atoms with Crippen molar-refractivity contribution < 1.29 is 4.42 Å². The monoisotopic (exact) mass is 354 g/mol. The third kappa shape index (κ3) is 5.11. The number of aliphatic imine (C=N–C) groups is 1. The normalized spacial score (nSPS) is 16.8. The average molecular weight is 354 g/mol. The second kappa shape index (κ2) is 8.90. The lowest BCUT2D eigenvalue weighted by atomic mass is 10.0. The maximum atomic E-state index is 5.86. The number of hydrogen-bond donors (Lipinski definition) is 2. The first-order valence-electron chi connectivity index (χ1n) is 9.45. The number of benzene rings is 1. The number of piperidine rings is 1. The number of nitrogens with one attached hydrogen (secondary N) is 2. The quantitative estimate of drug-likeness (QED) is 0.475. The van der Waals surface area contributed by atoms with Gasteiger partial charge in [0.2, 0.25) is 0 Å². The van der Waals surface area contributed by atoms with Crippen molar-refractivity contribution in [2.75, 3.05) is 33.2 Å². The summed E-state index contributed by atoms with van der Waals surface area (Å²) in [5.41, 5.74) is 2.19. The highest BCUT2D eigenvalue weighted by Crippen LogP contribution is 2.18. The molecule has 1 aliphatic heterocycles. The highest BCUT2D eigenvalue weighted by molar-refractivity contribution is 5.80. The van der Waals surface area contributed by atoms with Crippen LogP contribution in [0.5, 0.6) is 0 Å². The first kappa shape index (κ1) is 18.5. The van der Waals surface area contributed by atoms with Gasteiger partial charge in [-0.2, -0.15) is 0 Å². The summed E-state index contributed by atoms with van der Waals surface area (Å²) < 4.78 is 5.86. The predicted octanol–water partition coefficient (Wildman–Crippen LogP) is 3.18. The van der Waals surface area contributed by atoms with Gasteiger partial charge in [-0.05, 0) is 31.9 Å². The fraction of sp³-hybridized carbons (Fsp3) is 0.476. The van der Waals surface area contributed by atoms with Gasteiger partial charge in [-0.25, -0.2) is 0 Å². The van der Waals surface area contributed by atoms with Gasteiger partial charge in [0.05, 0.1) is 0 Å². The lowest BCUT2D eigenvalue weighted by Crippen LogP contribution is -2.49. The Morgan fingerprint density at radius 2 is 2.08 bits per heavy atom. The summed E-state index contributed by atoms with van der Waals surface area (Å²) in [5.74, 6) is 1.88. The number of rotatable bonds is 6. The van der Waals surface area contributed by atoms with E-state index in [1.807, 2.05) is 25.2 Å². The molecular weight excluding hydrogens is 324 g/mol. The standard InChI is InChI=1S/C21H30N4O/c1-16(2)15-25-12-9-18(10-13-25)24-21(22-3)23-11-8-19-14-17-6-4-5-7-20(17)26-19/h4-7,14,18H,1,8-13,15H2,2-3H3,(H2,22,23,24).